The molecule has 0 aliphatic rings. The average Bonchev–Trinajstić information content (AvgIpc) is 2.47. The van der Waals surface area contributed by atoms with Crippen LogP contribution in [-0.4, -0.2) is 27.7 Å². The molecule has 0 fully saturated rings. The minimum atomic E-state index is -0.694. The quantitative estimate of drug-likeness (QED) is 0.836. The molecule has 0 unspecified atom stereocenters. The van der Waals surface area contributed by atoms with E-state index in [0.29, 0.717) is 5.82 Å². The highest BCUT2D eigenvalue weighted by Crippen LogP contribution is 2.11. The van der Waals surface area contributed by atoms with Crippen LogP contribution in [0.25, 0.3) is 12.2 Å². The van der Waals surface area contributed by atoms with Gasteiger partial charge in [-0.2, -0.15) is 0 Å². The highest BCUT2D eigenvalue weighted by atomic mass is 16.5. The molecule has 6 heteroatoms. The number of ether oxygens (including phenoxy) is 1. The van der Waals surface area contributed by atoms with Gasteiger partial charge in [0.25, 0.3) is 5.56 Å². The Kier molecular flexibility index (Phi) is 4.50. The second-order valence-electron chi connectivity index (χ2n) is 4.16. The molecule has 1 aromatic carbocycles. The lowest BCUT2D eigenvalue weighted by Crippen LogP contribution is -2.21. The third kappa shape index (κ3) is 3.79. The van der Waals surface area contributed by atoms with Crippen LogP contribution in [0.5, 0.6) is 5.75 Å². The summed E-state index contributed by atoms with van der Waals surface area (Å²) in [6, 6.07) is 6.55. The van der Waals surface area contributed by atoms with Crippen molar-refractivity contribution in [3.63, 3.8) is 0 Å². The minimum Gasteiger partial charge on any atom is -0.508 e. The monoisotopic (exact) mass is 286 g/mol. The summed E-state index contributed by atoms with van der Waals surface area (Å²) < 4.78 is 4.75. The first-order chi connectivity index (χ1) is 10.1. The third-order valence-corrected chi connectivity index (χ3v) is 2.64. The number of nitrogens with one attached hydrogen (secondary N) is 1. The number of H-pyrrole nitrogens is 1. The SMILES string of the molecule is CCOC(=O)c1cnc(/C=C/c2ccc(O)cc2)[nH]c1=O. The highest BCUT2D eigenvalue weighted by molar-refractivity contribution is 5.88. The Labute approximate surface area is 120 Å². The Morgan fingerprint density at radius 3 is 2.67 bits per heavy atom. The van der Waals surface area contributed by atoms with E-state index in [-0.39, 0.29) is 17.9 Å². The summed E-state index contributed by atoms with van der Waals surface area (Å²) in [7, 11) is 0. The second-order valence-corrected chi connectivity index (χ2v) is 4.16. The van der Waals surface area contributed by atoms with E-state index < -0.39 is 11.5 Å². The molecule has 1 heterocycles. The van der Waals surface area contributed by atoms with Gasteiger partial charge in [0, 0.05) is 6.20 Å². The molecule has 0 saturated heterocycles. The van der Waals surface area contributed by atoms with Gasteiger partial charge < -0.3 is 14.8 Å². The molecule has 2 rings (SSSR count). The van der Waals surface area contributed by atoms with Crippen LogP contribution in [0.2, 0.25) is 0 Å². The van der Waals surface area contributed by atoms with E-state index in [2.05, 4.69) is 9.97 Å². The lowest BCUT2D eigenvalue weighted by Gasteiger charge is -2.00. The van der Waals surface area contributed by atoms with Gasteiger partial charge in [0.1, 0.15) is 17.1 Å². The number of carbonyl (C=O) groups is 1. The van der Waals surface area contributed by atoms with Crippen molar-refractivity contribution in [3.05, 3.63) is 57.8 Å². The molecule has 6 nitrogen and oxygen atoms in total. The van der Waals surface area contributed by atoms with Crippen molar-refractivity contribution in [1.82, 2.24) is 9.97 Å². The van der Waals surface area contributed by atoms with Gasteiger partial charge in [-0.15, -0.1) is 0 Å². The van der Waals surface area contributed by atoms with Crippen molar-refractivity contribution in [1.29, 1.82) is 0 Å². The van der Waals surface area contributed by atoms with E-state index in [9.17, 15) is 14.7 Å². The predicted molar refractivity (Wildman–Crippen MR) is 77.8 cm³/mol. The number of benzene rings is 1. The maximum absolute atomic E-state index is 11.7. The Balaban J connectivity index is 2.18. The summed E-state index contributed by atoms with van der Waals surface area (Å²) in [6.07, 6.45) is 4.51. The van der Waals surface area contributed by atoms with Crippen LogP contribution in [-0.2, 0) is 4.74 Å². The third-order valence-electron chi connectivity index (χ3n) is 2.64. The summed E-state index contributed by atoms with van der Waals surface area (Å²) in [4.78, 5) is 29.7. The topological polar surface area (TPSA) is 92.3 Å². The molecule has 108 valence electrons. The van der Waals surface area contributed by atoms with Gasteiger partial charge in [0.2, 0.25) is 0 Å². The molecular formula is C15H14N2O4. The number of aromatic amines is 1. The first-order valence-corrected chi connectivity index (χ1v) is 6.33. The van der Waals surface area contributed by atoms with Crippen molar-refractivity contribution in [2.24, 2.45) is 0 Å². The molecule has 0 aliphatic heterocycles. The smallest absolute Gasteiger partial charge is 0.345 e. The molecule has 0 radical (unpaired) electrons. The number of aromatic hydroxyl groups is 1. The number of esters is 1. The zero-order valence-corrected chi connectivity index (χ0v) is 11.4. The lowest BCUT2D eigenvalue weighted by atomic mass is 10.2. The number of aromatic nitrogens is 2. The van der Waals surface area contributed by atoms with Crippen LogP contribution in [0, 0.1) is 0 Å². The Morgan fingerprint density at radius 2 is 2.05 bits per heavy atom. The lowest BCUT2D eigenvalue weighted by molar-refractivity contribution is 0.0523. The number of carbonyl (C=O) groups excluding carboxylic acids is 1. The maximum atomic E-state index is 11.7. The first kappa shape index (κ1) is 14.5. The van der Waals surface area contributed by atoms with Crippen LogP contribution in [0.1, 0.15) is 28.7 Å². The van der Waals surface area contributed by atoms with Crippen LogP contribution < -0.4 is 5.56 Å². The van der Waals surface area contributed by atoms with Crippen molar-refractivity contribution in [2.75, 3.05) is 6.61 Å². The first-order valence-electron chi connectivity index (χ1n) is 6.33. The number of nitrogens with zero attached hydrogens (tertiary/aromatic N) is 1. The molecule has 0 saturated carbocycles. The van der Waals surface area contributed by atoms with Crippen molar-refractivity contribution in [2.45, 2.75) is 6.92 Å². The Bertz CT molecular complexity index is 717. The van der Waals surface area contributed by atoms with Crippen LogP contribution in [0.4, 0.5) is 0 Å². The molecule has 2 N–H and O–H groups in total. The summed E-state index contributed by atoms with van der Waals surface area (Å²) in [6.45, 7) is 1.86. The molecule has 0 spiro atoms. The van der Waals surface area contributed by atoms with Crippen molar-refractivity contribution in [3.8, 4) is 5.75 Å². The van der Waals surface area contributed by atoms with E-state index >= 15 is 0 Å². The van der Waals surface area contributed by atoms with Crippen LogP contribution >= 0.6 is 0 Å². The molecule has 0 aliphatic carbocycles. The highest BCUT2D eigenvalue weighted by Gasteiger charge is 2.11. The summed E-state index contributed by atoms with van der Waals surface area (Å²) >= 11 is 0. The molecule has 21 heavy (non-hydrogen) atoms. The van der Waals surface area contributed by atoms with Gasteiger partial charge in [-0.3, -0.25) is 4.79 Å². The minimum absolute atomic E-state index is 0.126. The van der Waals surface area contributed by atoms with Gasteiger partial charge >= 0.3 is 5.97 Å². The maximum Gasteiger partial charge on any atom is 0.345 e. The summed E-state index contributed by atoms with van der Waals surface area (Å²) in [5.74, 6) is -0.195. The largest absolute Gasteiger partial charge is 0.508 e. The Hall–Kier alpha value is -2.89. The molecule has 0 atom stereocenters. The predicted octanol–water partition coefficient (Wildman–Crippen LogP) is 1.82. The second kappa shape index (κ2) is 6.51. The fraction of sp³-hybridized carbons (Fsp3) is 0.133. The van der Waals surface area contributed by atoms with Gasteiger partial charge in [-0.1, -0.05) is 18.2 Å². The van der Waals surface area contributed by atoms with Gasteiger partial charge in [-0.25, -0.2) is 9.78 Å². The zero-order chi connectivity index (χ0) is 15.2. The van der Waals surface area contributed by atoms with E-state index in [1.165, 1.54) is 6.20 Å². The van der Waals surface area contributed by atoms with E-state index in [4.69, 9.17) is 4.74 Å². The summed E-state index contributed by atoms with van der Waals surface area (Å²) in [5.41, 5.74) is 0.164. The van der Waals surface area contributed by atoms with Crippen molar-refractivity contribution >= 4 is 18.1 Å². The molecule has 2 aromatic rings. The van der Waals surface area contributed by atoms with Crippen LogP contribution in [0.15, 0.2) is 35.3 Å². The van der Waals surface area contributed by atoms with Crippen LogP contribution in [0.3, 0.4) is 0 Å². The fourth-order valence-electron chi connectivity index (χ4n) is 1.61. The standard InChI is InChI=1S/C15H14N2O4/c1-2-21-15(20)12-9-16-13(17-14(12)19)8-5-10-3-6-11(18)7-4-10/h3-9,18H,2H2,1H3,(H,16,17,19)/b8-5+. The molecular weight excluding hydrogens is 272 g/mol. The number of phenols is 1. The molecule has 0 amide bonds. The van der Waals surface area contributed by atoms with Gasteiger partial charge in [0.05, 0.1) is 6.61 Å². The van der Waals surface area contributed by atoms with E-state index in [0.717, 1.165) is 5.56 Å². The molecule has 1 aromatic heterocycles. The number of rotatable bonds is 4. The zero-order valence-electron chi connectivity index (χ0n) is 11.4. The number of phenolic OH excluding ortho intramolecular Hbond substituents is 1. The fourth-order valence-corrected chi connectivity index (χ4v) is 1.61. The number of hydrogen-bond donors (Lipinski definition) is 2. The van der Waals surface area contributed by atoms with E-state index in [1.807, 2.05) is 0 Å². The average molecular weight is 286 g/mol. The van der Waals surface area contributed by atoms with Gasteiger partial charge in [-0.05, 0) is 30.7 Å². The van der Waals surface area contributed by atoms with E-state index in [1.54, 1.807) is 43.3 Å². The van der Waals surface area contributed by atoms with Crippen molar-refractivity contribution < 1.29 is 14.6 Å². The summed E-state index contributed by atoms with van der Waals surface area (Å²) in [5, 5.41) is 9.18. The normalized spacial score (nSPS) is 10.7. The molecule has 0 bridgehead atoms. The Morgan fingerprint density at radius 1 is 1.33 bits per heavy atom. The number of hydrogen-bond acceptors (Lipinski definition) is 5. The van der Waals surface area contributed by atoms with Gasteiger partial charge in [0.15, 0.2) is 0 Å².